The van der Waals surface area contributed by atoms with Crippen LogP contribution in [0.4, 0.5) is 0 Å². The first-order valence-corrected chi connectivity index (χ1v) is 6.52. The van der Waals surface area contributed by atoms with Crippen molar-refractivity contribution in [2.24, 2.45) is 11.8 Å². The molecule has 1 aliphatic carbocycles. The normalized spacial score (nSPS) is 25.9. The molecule has 96 valence electrons. The molecule has 3 nitrogen and oxygen atoms in total. The molecule has 0 radical (unpaired) electrons. The maximum absolute atomic E-state index is 9.84. The number of methoxy groups -OCH3 is 1. The number of ether oxygens (including phenoxy) is 1. The number of rotatable bonds is 7. The smallest absolute Gasteiger partial charge is 0.0589 e. The van der Waals surface area contributed by atoms with Gasteiger partial charge < -0.3 is 14.7 Å². The first-order chi connectivity index (χ1) is 7.63. The van der Waals surface area contributed by atoms with Gasteiger partial charge in [-0.15, -0.1) is 0 Å². The van der Waals surface area contributed by atoms with E-state index in [0.717, 1.165) is 32.7 Å². The van der Waals surface area contributed by atoms with Gasteiger partial charge in [0.1, 0.15) is 0 Å². The highest BCUT2D eigenvalue weighted by atomic mass is 16.5. The lowest BCUT2D eigenvalue weighted by atomic mass is 10.0. The third kappa shape index (κ3) is 4.81. The molecule has 0 bridgehead atoms. The summed E-state index contributed by atoms with van der Waals surface area (Å²) in [6, 6.07) is 0. The highest BCUT2D eigenvalue weighted by Gasteiger charge is 2.27. The summed E-state index contributed by atoms with van der Waals surface area (Å²) in [6.07, 6.45) is 3.29. The van der Waals surface area contributed by atoms with E-state index >= 15 is 0 Å². The molecule has 2 unspecified atom stereocenters. The van der Waals surface area contributed by atoms with Crippen LogP contribution in [0, 0.1) is 11.8 Å². The van der Waals surface area contributed by atoms with Crippen molar-refractivity contribution in [2.75, 3.05) is 33.4 Å². The highest BCUT2D eigenvalue weighted by Crippen LogP contribution is 2.26. The molecular formula is C13H27NO2. The number of hydrogen-bond donors (Lipinski definition) is 1. The second-order valence-corrected chi connectivity index (χ2v) is 5.40. The lowest BCUT2D eigenvalue weighted by Crippen LogP contribution is -2.37. The van der Waals surface area contributed by atoms with Gasteiger partial charge in [-0.05, 0) is 24.7 Å². The second kappa shape index (κ2) is 7.25. The van der Waals surface area contributed by atoms with Gasteiger partial charge in [0.05, 0.1) is 12.7 Å². The van der Waals surface area contributed by atoms with Crippen LogP contribution < -0.4 is 0 Å². The summed E-state index contributed by atoms with van der Waals surface area (Å²) >= 11 is 0. The molecule has 1 fully saturated rings. The van der Waals surface area contributed by atoms with E-state index in [1.54, 1.807) is 7.11 Å². The van der Waals surface area contributed by atoms with Gasteiger partial charge in [-0.25, -0.2) is 0 Å². The van der Waals surface area contributed by atoms with E-state index in [4.69, 9.17) is 4.74 Å². The monoisotopic (exact) mass is 229 g/mol. The molecule has 0 heterocycles. The summed E-state index contributed by atoms with van der Waals surface area (Å²) in [4.78, 5) is 2.44. The Labute approximate surface area is 99.8 Å². The quantitative estimate of drug-likeness (QED) is 0.722. The van der Waals surface area contributed by atoms with Crippen LogP contribution in [-0.4, -0.2) is 49.5 Å². The average Bonchev–Trinajstić information content (AvgIpc) is 2.60. The minimum Gasteiger partial charge on any atom is -0.393 e. The van der Waals surface area contributed by atoms with Crippen molar-refractivity contribution >= 4 is 0 Å². The third-order valence-electron chi connectivity index (χ3n) is 3.35. The first kappa shape index (κ1) is 13.9. The van der Waals surface area contributed by atoms with Crippen LogP contribution in [-0.2, 0) is 4.74 Å². The Morgan fingerprint density at radius 2 is 2.12 bits per heavy atom. The number of nitrogens with zero attached hydrogens (tertiary/aromatic N) is 1. The van der Waals surface area contributed by atoms with Crippen LogP contribution in [0.3, 0.4) is 0 Å². The Hall–Kier alpha value is -0.120. The van der Waals surface area contributed by atoms with Crippen molar-refractivity contribution in [1.29, 1.82) is 0 Å². The van der Waals surface area contributed by atoms with Gasteiger partial charge in [0.25, 0.3) is 0 Å². The zero-order valence-corrected chi connectivity index (χ0v) is 11.0. The fourth-order valence-corrected chi connectivity index (χ4v) is 2.56. The Bertz CT molecular complexity index is 185. The number of aliphatic hydroxyl groups is 1. The lowest BCUT2D eigenvalue weighted by Gasteiger charge is -2.28. The Morgan fingerprint density at radius 3 is 2.62 bits per heavy atom. The summed E-state index contributed by atoms with van der Waals surface area (Å²) in [7, 11) is 1.75. The second-order valence-electron chi connectivity index (χ2n) is 5.40. The molecule has 0 aromatic rings. The molecule has 1 saturated carbocycles. The molecule has 0 spiro atoms. The molecule has 0 aromatic heterocycles. The van der Waals surface area contributed by atoms with Gasteiger partial charge in [0.15, 0.2) is 0 Å². The number of aliphatic hydroxyl groups excluding tert-OH is 1. The van der Waals surface area contributed by atoms with Gasteiger partial charge in [-0.2, -0.15) is 0 Å². The maximum atomic E-state index is 9.84. The fraction of sp³-hybridized carbons (Fsp3) is 1.00. The summed E-state index contributed by atoms with van der Waals surface area (Å²) in [5.74, 6) is 1.16. The molecule has 1 aliphatic rings. The molecule has 1 rings (SSSR count). The lowest BCUT2D eigenvalue weighted by molar-refractivity contribution is 0.0817. The van der Waals surface area contributed by atoms with Crippen molar-refractivity contribution in [2.45, 2.75) is 39.2 Å². The van der Waals surface area contributed by atoms with Crippen molar-refractivity contribution < 1.29 is 9.84 Å². The van der Waals surface area contributed by atoms with Gasteiger partial charge in [-0.1, -0.05) is 20.3 Å². The molecule has 0 amide bonds. The van der Waals surface area contributed by atoms with E-state index in [1.165, 1.54) is 12.8 Å². The molecule has 0 aliphatic heterocycles. The molecule has 16 heavy (non-hydrogen) atoms. The van der Waals surface area contributed by atoms with Crippen LogP contribution in [0.5, 0.6) is 0 Å². The average molecular weight is 229 g/mol. The Morgan fingerprint density at radius 1 is 1.38 bits per heavy atom. The number of hydrogen-bond acceptors (Lipinski definition) is 3. The fourth-order valence-electron chi connectivity index (χ4n) is 2.56. The van der Waals surface area contributed by atoms with E-state index in [9.17, 15) is 5.11 Å². The van der Waals surface area contributed by atoms with Crippen molar-refractivity contribution in [1.82, 2.24) is 4.90 Å². The van der Waals surface area contributed by atoms with Crippen LogP contribution in [0.1, 0.15) is 33.1 Å². The minimum atomic E-state index is -0.0720. The summed E-state index contributed by atoms with van der Waals surface area (Å²) in [6.45, 7) is 8.39. The maximum Gasteiger partial charge on any atom is 0.0589 e. The molecule has 2 atom stereocenters. The van der Waals surface area contributed by atoms with Crippen molar-refractivity contribution in [3.63, 3.8) is 0 Å². The predicted molar refractivity (Wildman–Crippen MR) is 66.5 cm³/mol. The molecular weight excluding hydrogens is 202 g/mol. The molecule has 1 N–H and O–H groups in total. The summed E-state index contributed by atoms with van der Waals surface area (Å²) in [5.41, 5.74) is 0. The van der Waals surface area contributed by atoms with Crippen molar-refractivity contribution in [3.05, 3.63) is 0 Å². The zero-order chi connectivity index (χ0) is 12.0. The molecule has 3 heteroatoms. The van der Waals surface area contributed by atoms with Crippen LogP contribution in [0.2, 0.25) is 0 Å². The minimum absolute atomic E-state index is 0.0720. The topological polar surface area (TPSA) is 32.7 Å². The van der Waals surface area contributed by atoms with E-state index in [-0.39, 0.29) is 6.10 Å². The molecule has 0 saturated heterocycles. The summed E-state index contributed by atoms with van der Waals surface area (Å²) < 4.78 is 5.14. The largest absolute Gasteiger partial charge is 0.393 e. The third-order valence-corrected chi connectivity index (χ3v) is 3.35. The van der Waals surface area contributed by atoms with Crippen LogP contribution >= 0.6 is 0 Å². The van der Waals surface area contributed by atoms with Gasteiger partial charge in [0, 0.05) is 26.7 Å². The van der Waals surface area contributed by atoms with E-state index < -0.39 is 0 Å². The van der Waals surface area contributed by atoms with Gasteiger partial charge in [0.2, 0.25) is 0 Å². The zero-order valence-electron chi connectivity index (χ0n) is 11.0. The molecule has 0 aromatic carbocycles. The van der Waals surface area contributed by atoms with E-state index in [2.05, 4.69) is 18.7 Å². The van der Waals surface area contributed by atoms with Gasteiger partial charge in [-0.3, -0.25) is 0 Å². The SMILES string of the molecule is COCCN(CC(C)C)CC1CCCC1O. The van der Waals surface area contributed by atoms with Crippen LogP contribution in [0.15, 0.2) is 0 Å². The predicted octanol–water partition coefficient (Wildman–Crippen LogP) is 1.75. The van der Waals surface area contributed by atoms with E-state index in [1.807, 2.05) is 0 Å². The first-order valence-electron chi connectivity index (χ1n) is 6.52. The van der Waals surface area contributed by atoms with Crippen LogP contribution in [0.25, 0.3) is 0 Å². The Kier molecular flexibility index (Phi) is 6.32. The Balaban J connectivity index is 2.35. The standard InChI is InChI=1S/C13H27NO2/c1-11(2)9-14(7-8-16-3)10-12-5-4-6-13(12)15/h11-13,15H,4-10H2,1-3H3. The van der Waals surface area contributed by atoms with Gasteiger partial charge >= 0.3 is 0 Å². The van der Waals surface area contributed by atoms with E-state index in [0.29, 0.717) is 11.8 Å². The summed E-state index contributed by atoms with van der Waals surface area (Å²) in [5, 5.41) is 9.84. The highest BCUT2D eigenvalue weighted by molar-refractivity contribution is 4.79. The van der Waals surface area contributed by atoms with Crippen molar-refractivity contribution in [3.8, 4) is 0 Å².